The minimum Gasteiger partial charge on any atom is -0.312 e. The number of rotatable bonds is 11. The molecule has 11 aromatic carbocycles. The maximum absolute atomic E-state index is 4.25. The molecule has 0 amide bonds. The molecule has 0 radical (unpaired) electrons. The van der Waals surface area contributed by atoms with Gasteiger partial charge in [0.2, 0.25) is 0 Å². The fraction of sp³-hybridized carbons (Fsp3) is 0.0526. The Balaban J connectivity index is 1.03. The van der Waals surface area contributed by atoms with E-state index < -0.39 is 5.41 Å². The largest absolute Gasteiger partial charge is 0.312 e. The average Bonchev–Trinajstić information content (AvgIpc) is 3.75. The van der Waals surface area contributed by atoms with E-state index in [1.54, 1.807) is 0 Å². The van der Waals surface area contributed by atoms with Crippen molar-refractivity contribution in [2.24, 2.45) is 0 Å². The number of hydrogen-bond acceptors (Lipinski definition) is 2. The lowest BCUT2D eigenvalue weighted by atomic mass is 9.71. The monoisotopic (exact) mass is 996 g/mol. The van der Waals surface area contributed by atoms with E-state index in [9.17, 15) is 0 Å². The quantitative estimate of drug-likeness (QED) is 0.119. The van der Waals surface area contributed by atoms with Gasteiger partial charge in [-0.1, -0.05) is 251 Å². The Morgan fingerprint density at radius 1 is 0.308 bits per heavy atom. The van der Waals surface area contributed by atoms with E-state index >= 15 is 0 Å². The highest BCUT2D eigenvalue weighted by Gasteiger charge is 2.55. The third-order valence-electron chi connectivity index (χ3n) is 16.7. The average molecular weight is 997 g/mol. The molecule has 0 saturated heterocycles. The standard InChI is InChI=1S/C76H56N2/c1-4-5-27-68-67-49-47-62(77(58-40-34-55(35-41-58)52-21-9-6-10-22-52)61-46-48-66-63-28-15-18-31-69(63)75(2,3)72(66)50-61)51-73(67)76(70-32-19-16-29-64(70)65-30-17-20-33-71(65)76)74(68)78(59-42-36-56(37-43-59)53-23-11-7-12-24-53)60-44-38-57(39-45-60)54-25-13-8-14-26-54/h4-51H,1H2,2-3H3/b27-5-. The van der Waals surface area contributed by atoms with Crippen LogP contribution in [0.15, 0.2) is 303 Å². The summed E-state index contributed by atoms with van der Waals surface area (Å²) in [5.74, 6) is 0. The first-order chi connectivity index (χ1) is 38.4. The van der Waals surface area contributed by atoms with Crippen LogP contribution in [-0.4, -0.2) is 0 Å². The molecular formula is C76H56N2. The molecule has 78 heavy (non-hydrogen) atoms. The number of hydrogen-bond donors (Lipinski definition) is 0. The maximum atomic E-state index is 4.25. The summed E-state index contributed by atoms with van der Waals surface area (Å²) in [5, 5.41) is 0. The molecule has 3 aliphatic carbocycles. The second kappa shape index (κ2) is 18.8. The third kappa shape index (κ3) is 7.40. The first-order valence-corrected chi connectivity index (χ1v) is 27.1. The molecule has 0 unspecified atom stereocenters. The summed E-state index contributed by atoms with van der Waals surface area (Å²) in [4.78, 5) is 5.03. The highest BCUT2D eigenvalue weighted by Crippen LogP contribution is 2.65. The van der Waals surface area contributed by atoms with Crippen molar-refractivity contribution in [1.82, 2.24) is 0 Å². The molecule has 2 heteroatoms. The van der Waals surface area contributed by atoms with Gasteiger partial charge in [0, 0.05) is 39.4 Å². The number of anilines is 5. The molecular weight excluding hydrogens is 941 g/mol. The Bertz CT molecular complexity index is 4020. The van der Waals surface area contributed by atoms with Crippen LogP contribution in [0.1, 0.15) is 47.2 Å². The number of fused-ring (bicyclic) bond motifs is 10. The van der Waals surface area contributed by atoms with Gasteiger partial charge in [0.25, 0.3) is 0 Å². The number of nitrogens with zero attached hydrogens (tertiary/aromatic N) is 2. The van der Waals surface area contributed by atoms with E-state index in [0.29, 0.717) is 0 Å². The van der Waals surface area contributed by atoms with Gasteiger partial charge in [-0.25, -0.2) is 0 Å². The van der Waals surface area contributed by atoms with Crippen LogP contribution in [0.5, 0.6) is 0 Å². The van der Waals surface area contributed by atoms with Crippen molar-refractivity contribution in [3.05, 3.63) is 337 Å². The molecule has 0 bridgehead atoms. The van der Waals surface area contributed by atoms with Crippen LogP contribution in [0.3, 0.4) is 0 Å². The summed E-state index contributed by atoms with van der Waals surface area (Å²) >= 11 is 0. The zero-order valence-electron chi connectivity index (χ0n) is 43.8. The van der Waals surface area contributed by atoms with Gasteiger partial charge in [0.05, 0.1) is 11.1 Å². The minimum absolute atomic E-state index is 0.183. The maximum Gasteiger partial charge on any atom is 0.0882 e. The molecule has 0 fully saturated rings. The van der Waals surface area contributed by atoms with Gasteiger partial charge in [0.15, 0.2) is 0 Å². The van der Waals surface area contributed by atoms with Gasteiger partial charge in [0.1, 0.15) is 0 Å². The van der Waals surface area contributed by atoms with E-state index in [4.69, 9.17) is 0 Å². The highest BCUT2D eigenvalue weighted by molar-refractivity contribution is 6.01. The molecule has 11 aromatic rings. The van der Waals surface area contributed by atoms with Gasteiger partial charge >= 0.3 is 0 Å². The summed E-state index contributed by atoms with van der Waals surface area (Å²) in [5.41, 5.74) is 26.5. The number of allylic oxidation sites excluding steroid dienone is 5. The van der Waals surface area contributed by atoms with Crippen LogP contribution in [0.25, 0.3) is 61.2 Å². The zero-order chi connectivity index (χ0) is 52.4. The van der Waals surface area contributed by atoms with Crippen molar-refractivity contribution in [2.75, 3.05) is 9.80 Å². The Morgan fingerprint density at radius 3 is 1.12 bits per heavy atom. The van der Waals surface area contributed by atoms with Crippen LogP contribution < -0.4 is 9.80 Å². The molecule has 0 heterocycles. The molecule has 14 rings (SSSR count). The number of benzene rings is 11. The van der Waals surface area contributed by atoms with Crippen molar-refractivity contribution >= 4 is 34.0 Å². The lowest BCUT2D eigenvalue weighted by molar-refractivity contribution is 0.660. The second-order valence-electron chi connectivity index (χ2n) is 21.2. The minimum atomic E-state index is -0.778. The van der Waals surface area contributed by atoms with Crippen LogP contribution in [0, 0.1) is 0 Å². The van der Waals surface area contributed by atoms with Gasteiger partial charge in [-0.2, -0.15) is 0 Å². The predicted molar refractivity (Wildman–Crippen MR) is 328 cm³/mol. The van der Waals surface area contributed by atoms with Crippen molar-refractivity contribution < 1.29 is 0 Å². The van der Waals surface area contributed by atoms with Crippen LogP contribution >= 0.6 is 0 Å². The Labute approximate surface area is 458 Å². The summed E-state index contributed by atoms with van der Waals surface area (Å²) in [6.45, 7) is 8.99. The van der Waals surface area contributed by atoms with Crippen LogP contribution in [0.2, 0.25) is 0 Å². The molecule has 0 atom stereocenters. The van der Waals surface area contributed by atoms with E-state index in [1.165, 1.54) is 94.7 Å². The molecule has 3 aliphatic rings. The van der Waals surface area contributed by atoms with E-state index in [2.05, 4.69) is 315 Å². The van der Waals surface area contributed by atoms with Gasteiger partial charge in [-0.15, -0.1) is 0 Å². The van der Waals surface area contributed by atoms with Gasteiger partial charge < -0.3 is 9.80 Å². The van der Waals surface area contributed by atoms with E-state index in [-0.39, 0.29) is 5.41 Å². The topological polar surface area (TPSA) is 6.48 Å². The van der Waals surface area contributed by atoms with E-state index in [0.717, 1.165) is 34.0 Å². The summed E-state index contributed by atoms with van der Waals surface area (Å²) in [7, 11) is 0. The molecule has 1 spiro atoms. The lowest BCUT2D eigenvalue weighted by Crippen LogP contribution is -2.36. The zero-order valence-corrected chi connectivity index (χ0v) is 43.8. The summed E-state index contributed by atoms with van der Waals surface area (Å²) in [6, 6.07) is 101. The van der Waals surface area contributed by atoms with Crippen molar-refractivity contribution in [3.63, 3.8) is 0 Å². The van der Waals surface area contributed by atoms with Crippen molar-refractivity contribution in [2.45, 2.75) is 24.7 Å². The highest BCUT2D eigenvalue weighted by atomic mass is 15.2. The molecule has 370 valence electrons. The SMILES string of the molecule is C=C/C=C\C1=C(N(c2ccc(-c3ccccc3)cc2)c2ccc(-c3ccccc3)cc2)C2(c3cc(N(c4ccc(-c5ccccc5)cc4)c4ccc5c(c4)C(C)(C)c4ccccc4-5)ccc31)c1ccccc1-c1ccccc12. The normalized spacial score (nSPS) is 13.9. The Hall–Kier alpha value is -9.76. The van der Waals surface area contributed by atoms with E-state index in [1.807, 2.05) is 6.08 Å². The smallest absolute Gasteiger partial charge is 0.0882 e. The van der Waals surface area contributed by atoms with Crippen molar-refractivity contribution in [1.29, 1.82) is 0 Å². The first kappa shape index (κ1) is 46.7. The molecule has 2 nitrogen and oxygen atoms in total. The second-order valence-corrected chi connectivity index (χ2v) is 21.2. The van der Waals surface area contributed by atoms with Crippen LogP contribution in [-0.2, 0) is 10.8 Å². The molecule has 0 saturated carbocycles. The summed E-state index contributed by atoms with van der Waals surface area (Å²) < 4.78 is 0. The first-order valence-electron chi connectivity index (χ1n) is 27.1. The Kier molecular flexibility index (Phi) is 11.3. The predicted octanol–water partition coefficient (Wildman–Crippen LogP) is 20.1. The van der Waals surface area contributed by atoms with Crippen molar-refractivity contribution in [3.8, 4) is 55.6 Å². The molecule has 0 aliphatic heterocycles. The van der Waals surface area contributed by atoms with Gasteiger partial charge in [-0.3, -0.25) is 0 Å². The fourth-order valence-corrected chi connectivity index (χ4v) is 13.1. The molecule has 0 aromatic heterocycles. The van der Waals surface area contributed by atoms with Gasteiger partial charge in [-0.05, 0) is 150 Å². The van der Waals surface area contributed by atoms with Crippen LogP contribution in [0.4, 0.5) is 28.4 Å². The summed E-state index contributed by atoms with van der Waals surface area (Å²) in [6.07, 6.45) is 6.31. The molecule has 0 N–H and O–H groups in total. The third-order valence-corrected chi connectivity index (χ3v) is 16.7. The Morgan fingerprint density at radius 2 is 0.654 bits per heavy atom. The lowest BCUT2D eigenvalue weighted by Gasteiger charge is -2.40. The fourth-order valence-electron chi connectivity index (χ4n) is 13.1.